The Hall–Kier alpha value is -1.33. The molecule has 0 aliphatic heterocycles. The molecule has 1 atom stereocenters. The summed E-state index contributed by atoms with van der Waals surface area (Å²) in [7, 11) is 0. The fourth-order valence-electron chi connectivity index (χ4n) is 1.30. The summed E-state index contributed by atoms with van der Waals surface area (Å²) in [4.78, 5) is 0. The topological polar surface area (TPSA) is 44.0 Å². The summed E-state index contributed by atoms with van der Waals surface area (Å²) in [6.45, 7) is 7.77. The lowest BCUT2D eigenvalue weighted by atomic mass is 9.73. The number of hydrogen-bond donors (Lipinski definition) is 1. The molecule has 80 valence electrons. The number of nitriles is 1. The van der Waals surface area contributed by atoms with Crippen LogP contribution in [0.25, 0.3) is 0 Å². The third kappa shape index (κ3) is 2.19. The van der Waals surface area contributed by atoms with Crippen molar-refractivity contribution in [2.75, 3.05) is 0 Å². The minimum Gasteiger partial charge on any atom is -0.385 e. The minimum atomic E-state index is -0.888. The molecule has 0 bridgehead atoms. The van der Waals surface area contributed by atoms with Gasteiger partial charge in [-0.05, 0) is 30.0 Å². The van der Waals surface area contributed by atoms with Gasteiger partial charge in [-0.2, -0.15) is 5.26 Å². The second kappa shape index (κ2) is 3.67. The van der Waals surface area contributed by atoms with Crippen LogP contribution >= 0.6 is 0 Å². The second-order valence-electron chi connectivity index (χ2n) is 5.01. The second-order valence-corrected chi connectivity index (χ2v) is 5.01. The first-order valence-corrected chi connectivity index (χ1v) is 5.02. The highest BCUT2D eigenvalue weighted by Crippen LogP contribution is 2.38. The van der Waals surface area contributed by atoms with Crippen LogP contribution in [0.4, 0.5) is 0 Å². The molecule has 0 fully saturated rings. The first-order chi connectivity index (χ1) is 6.79. The Morgan fingerprint density at radius 1 is 1.07 bits per heavy atom. The first-order valence-electron chi connectivity index (χ1n) is 5.02. The fourth-order valence-corrected chi connectivity index (χ4v) is 1.30. The van der Waals surface area contributed by atoms with Crippen LogP contribution in [0.15, 0.2) is 24.3 Å². The highest BCUT2D eigenvalue weighted by atomic mass is 16.3. The maximum Gasteiger partial charge on any atom is 0.0991 e. The molecule has 0 amide bonds. The van der Waals surface area contributed by atoms with Crippen molar-refractivity contribution in [1.29, 1.82) is 5.26 Å². The molecule has 15 heavy (non-hydrogen) atoms. The van der Waals surface area contributed by atoms with E-state index in [4.69, 9.17) is 5.26 Å². The van der Waals surface area contributed by atoms with Gasteiger partial charge in [-0.25, -0.2) is 0 Å². The lowest BCUT2D eigenvalue weighted by Crippen LogP contribution is -2.36. The van der Waals surface area contributed by atoms with Crippen LogP contribution in [-0.2, 0) is 5.60 Å². The number of aliphatic hydroxyl groups is 1. The average Bonchev–Trinajstić information content (AvgIpc) is 2.16. The van der Waals surface area contributed by atoms with E-state index >= 15 is 0 Å². The van der Waals surface area contributed by atoms with Crippen molar-refractivity contribution in [2.24, 2.45) is 5.41 Å². The highest BCUT2D eigenvalue weighted by molar-refractivity contribution is 5.34. The summed E-state index contributed by atoms with van der Waals surface area (Å²) < 4.78 is 0. The molecule has 1 unspecified atom stereocenters. The van der Waals surface area contributed by atoms with Gasteiger partial charge in [-0.15, -0.1) is 0 Å². The Kier molecular flexibility index (Phi) is 2.88. The smallest absolute Gasteiger partial charge is 0.0991 e. The van der Waals surface area contributed by atoms with E-state index in [0.717, 1.165) is 5.56 Å². The number of benzene rings is 1. The van der Waals surface area contributed by atoms with Crippen LogP contribution in [-0.4, -0.2) is 5.11 Å². The van der Waals surface area contributed by atoms with Crippen LogP contribution in [0.1, 0.15) is 38.8 Å². The molecule has 1 N–H and O–H groups in total. The van der Waals surface area contributed by atoms with E-state index in [9.17, 15) is 5.11 Å². The Morgan fingerprint density at radius 2 is 1.53 bits per heavy atom. The molecule has 0 radical (unpaired) electrons. The lowest BCUT2D eigenvalue weighted by Gasteiger charge is -2.37. The van der Waals surface area contributed by atoms with Crippen LogP contribution < -0.4 is 0 Å². The van der Waals surface area contributed by atoms with Gasteiger partial charge in [0, 0.05) is 0 Å². The van der Waals surface area contributed by atoms with Crippen molar-refractivity contribution in [1.82, 2.24) is 0 Å². The van der Waals surface area contributed by atoms with Crippen LogP contribution in [0.3, 0.4) is 0 Å². The molecular weight excluding hydrogens is 186 g/mol. The molecule has 2 heteroatoms. The summed E-state index contributed by atoms with van der Waals surface area (Å²) in [5.41, 5.74) is 0.333. The van der Waals surface area contributed by atoms with Gasteiger partial charge in [0.05, 0.1) is 17.2 Å². The normalized spacial score (nSPS) is 15.5. The van der Waals surface area contributed by atoms with Crippen molar-refractivity contribution in [3.63, 3.8) is 0 Å². The molecule has 1 aromatic carbocycles. The van der Waals surface area contributed by atoms with Crippen molar-refractivity contribution in [3.05, 3.63) is 35.4 Å². The molecule has 1 rings (SSSR count). The molecule has 0 aromatic heterocycles. The third-order valence-electron chi connectivity index (χ3n) is 3.04. The zero-order valence-corrected chi connectivity index (χ0v) is 9.70. The molecular formula is C13H17NO. The predicted molar refractivity (Wildman–Crippen MR) is 60.2 cm³/mol. The molecule has 0 heterocycles. The lowest BCUT2D eigenvalue weighted by molar-refractivity contribution is -0.0470. The Morgan fingerprint density at radius 3 is 1.87 bits per heavy atom. The van der Waals surface area contributed by atoms with Gasteiger partial charge < -0.3 is 5.11 Å². The summed E-state index contributed by atoms with van der Waals surface area (Å²) in [6, 6.07) is 9.14. The number of nitrogens with zero attached hydrogens (tertiary/aromatic N) is 1. The van der Waals surface area contributed by atoms with Crippen molar-refractivity contribution >= 4 is 0 Å². The zero-order valence-electron chi connectivity index (χ0n) is 9.70. The van der Waals surface area contributed by atoms with Gasteiger partial charge in [0.2, 0.25) is 0 Å². The van der Waals surface area contributed by atoms with Gasteiger partial charge in [0.1, 0.15) is 0 Å². The highest BCUT2D eigenvalue weighted by Gasteiger charge is 2.36. The van der Waals surface area contributed by atoms with E-state index in [-0.39, 0.29) is 5.41 Å². The van der Waals surface area contributed by atoms with E-state index in [1.165, 1.54) is 0 Å². The molecule has 0 saturated heterocycles. The fraction of sp³-hybridized carbons (Fsp3) is 0.462. The molecule has 0 spiro atoms. The van der Waals surface area contributed by atoms with E-state index in [1.54, 1.807) is 19.1 Å². The van der Waals surface area contributed by atoms with E-state index in [1.807, 2.05) is 32.9 Å². The maximum atomic E-state index is 10.4. The summed E-state index contributed by atoms with van der Waals surface area (Å²) in [6.07, 6.45) is 0. The SMILES string of the molecule is CC(C)(C)C(C)(O)c1ccc(C#N)cc1. The number of hydrogen-bond acceptors (Lipinski definition) is 2. The van der Waals surface area contributed by atoms with E-state index in [0.29, 0.717) is 5.56 Å². The summed E-state index contributed by atoms with van der Waals surface area (Å²) in [5.74, 6) is 0. The van der Waals surface area contributed by atoms with Crippen LogP contribution in [0, 0.1) is 16.7 Å². The Labute approximate surface area is 91.2 Å². The third-order valence-corrected chi connectivity index (χ3v) is 3.04. The molecule has 2 nitrogen and oxygen atoms in total. The predicted octanol–water partition coefficient (Wildman–Crippen LogP) is 2.81. The zero-order chi connectivity index (χ0) is 11.7. The largest absolute Gasteiger partial charge is 0.385 e. The van der Waals surface area contributed by atoms with Gasteiger partial charge in [-0.3, -0.25) is 0 Å². The van der Waals surface area contributed by atoms with Gasteiger partial charge in [0.15, 0.2) is 0 Å². The Balaban J connectivity index is 3.13. The summed E-state index contributed by atoms with van der Waals surface area (Å²) in [5, 5.41) is 19.1. The van der Waals surface area contributed by atoms with Gasteiger partial charge in [0.25, 0.3) is 0 Å². The van der Waals surface area contributed by atoms with Crippen molar-refractivity contribution in [3.8, 4) is 6.07 Å². The molecule has 1 aromatic rings. The van der Waals surface area contributed by atoms with E-state index < -0.39 is 5.60 Å². The van der Waals surface area contributed by atoms with Crippen LogP contribution in [0.5, 0.6) is 0 Å². The standard InChI is InChI=1S/C13H17NO/c1-12(2,3)13(4,15)11-7-5-10(9-14)6-8-11/h5-8,15H,1-4H3. The minimum absolute atomic E-state index is 0.235. The monoisotopic (exact) mass is 203 g/mol. The first kappa shape index (κ1) is 11.7. The Bertz CT molecular complexity index is 376. The molecule has 0 aliphatic carbocycles. The van der Waals surface area contributed by atoms with Crippen LogP contribution in [0.2, 0.25) is 0 Å². The average molecular weight is 203 g/mol. The van der Waals surface area contributed by atoms with Crippen molar-refractivity contribution in [2.45, 2.75) is 33.3 Å². The molecule has 0 saturated carbocycles. The van der Waals surface area contributed by atoms with Gasteiger partial charge >= 0.3 is 0 Å². The summed E-state index contributed by atoms with van der Waals surface area (Å²) >= 11 is 0. The van der Waals surface area contributed by atoms with Gasteiger partial charge in [-0.1, -0.05) is 32.9 Å². The van der Waals surface area contributed by atoms with E-state index in [2.05, 4.69) is 6.07 Å². The van der Waals surface area contributed by atoms with Crippen molar-refractivity contribution < 1.29 is 5.11 Å². The quantitative estimate of drug-likeness (QED) is 0.762. The molecule has 0 aliphatic rings. The number of rotatable bonds is 1. The maximum absolute atomic E-state index is 10.4.